The molecule has 1 nitrogen and oxygen atoms in total. The summed E-state index contributed by atoms with van der Waals surface area (Å²) in [6.07, 6.45) is -1.09. The van der Waals surface area contributed by atoms with Crippen LogP contribution in [0.25, 0.3) is 0 Å². The zero-order valence-electron chi connectivity index (χ0n) is 6.63. The third-order valence-electron chi connectivity index (χ3n) is 1.65. The molecule has 2 N–H and O–H groups in total. The molecule has 1 rings (SSSR count). The summed E-state index contributed by atoms with van der Waals surface area (Å²) in [5.41, 5.74) is 5.46. The van der Waals surface area contributed by atoms with Crippen molar-refractivity contribution in [1.29, 1.82) is 0 Å². The van der Waals surface area contributed by atoms with Gasteiger partial charge in [0.15, 0.2) is 0 Å². The molecule has 1 aromatic carbocycles. The molecule has 0 saturated carbocycles. The molecular weight excluding hydrogens is 160 g/mol. The van der Waals surface area contributed by atoms with Crippen LogP contribution in [-0.2, 0) is 6.42 Å². The van der Waals surface area contributed by atoms with E-state index in [1.165, 1.54) is 6.07 Å². The standard InChI is InChI=1S/C9H11F2N/c10-8(6-12)5-7-3-1-2-4-9(7)11/h1-4,8H,5-6,12H2. The van der Waals surface area contributed by atoms with E-state index >= 15 is 0 Å². The van der Waals surface area contributed by atoms with Gasteiger partial charge in [-0.25, -0.2) is 8.78 Å². The zero-order valence-corrected chi connectivity index (χ0v) is 6.63. The Labute approximate surface area is 70.2 Å². The second kappa shape index (κ2) is 4.16. The highest BCUT2D eigenvalue weighted by Crippen LogP contribution is 2.09. The maximum Gasteiger partial charge on any atom is 0.126 e. The lowest BCUT2D eigenvalue weighted by molar-refractivity contribution is 0.337. The van der Waals surface area contributed by atoms with Crippen molar-refractivity contribution in [3.63, 3.8) is 0 Å². The zero-order chi connectivity index (χ0) is 8.97. The largest absolute Gasteiger partial charge is 0.328 e. The van der Waals surface area contributed by atoms with Gasteiger partial charge in [0, 0.05) is 13.0 Å². The first-order chi connectivity index (χ1) is 5.74. The van der Waals surface area contributed by atoms with Gasteiger partial charge in [-0.2, -0.15) is 0 Å². The van der Waals surface area contributed by atoms with Crippen LogP contribution in [0.1, 0.15) is 5.56 Å². The van der Waals surface area contributed by atoms with Crippen molar-refractivity contribution in [3.8, 4) is 0 Å². The van der Waals surface area contributed by atoms with Crippen LogP contribution in [0.3, 0.4) is 0 Å². The first kappa shape index (κ1) is 9.13. The van der Waals surface area contributed by atoms with E-state index in [4.69, 9.17) is 5.73 Å². The average molecular weight is 171 g/mol. The minimum atomic E-state index is -1.15. The van der Waals surface area contributed by atoms with Gasteiger partial charge < -0.3 is 5.73 Å². The van der Waals surface area contributed by atoms with E-state index in [0.717, 1.165) is 0 Å². The molecule has 1 aromatic rings. The summed E-state index contributed by atoms with van der Waals surface area (Å²) in [6.45, 7) is -0.0612. The fourth-order valence-corrected chi connectivity index (χ4v) is 0.986. The van der Waals surface area contributed by atoms with E-state index in [0.29, 0.717) is 5.56 Å². The first-order valence-corrected chi connectivity index (χ1v) is 3.81. The molecule has 3 heteroatoms. The topological polar surface area (TPSA) is 26.0 Å². The van der Waals surface area contributed by atoms with Crippen LogP contribution >= 0.6 is 0 Å². The summed E-state index contributed by atoms with van der Waals surface area (Å²) in [7, 11) is 0. The lowest BCUT2D eigenvalue weighted by atomic mass is 10.1. The Balaban J connectivity index is 2.69. The van der Waals surface area contributed by atoms with Gasteiger partial charge in [-0.1, -0.05) is 18.2 Å². The highest BCUT2D eigenvalue weighted by Gasteiger charge is 2.07. The molecule has 12 heavy (non-hydrogen) atoms. The third kappa shape index (κ3) is 2.27. The molecule has 0 aliphatic carbocycles. The quantitative estimate of drug-likeness (QED) is 0.735. The second-order valence-corrected chi connectivity index (χ2v) is 2.63. The Hall–Kier alpha value is -0.960. The van der Waals surface area contributed by atoms with Gasteiger partial charge >= 0.3 is 0 Å². The summed E-state index contributed by atoms with van der Waals surface area (Å²) in [5, 5.41) is 0. The third-order valence-corrected chi connectivity index (χ3v) is 1.65. The Kier molecular flexibility index (Phi) is 3.17. The van der Waals surface area contributed by atoms with Gasteiger partial charge in [-0.15, -0.1) is 0 Å². The molecule has 0 fully saturated rings. The molecule has 66 valence electrons. The van der Waals surface area contributed by atoms with Gasteiger partial charge in [-0.05, 0) is 11.6 Å². The molecule has 0 heterocycles. The van der Waals surface area contributed by atoms with Crippen molar-refractivity contribution in [2.24, 2.45) is 5.73 Å². The fraction of sp³-hybridized carbons (Fsp3) is 0.333. The average Bonchev–Trinajstić information content (AvgIpc) is 2.09. The molecule has 0 spiro atoms. The highest BCUT2D eigenvalue weighted by atomic mass is 19.1. The van der Waals surface area contributed by atoms with Crippen LogP contribution in [-0.4, -0.2) is 12.7 Å². The second-order valence-electron chi connectivity index (χ2n) is 2.63. The number of hydrogen-bond acceptors (Lipinski definition) is 1. The van der Waals surface area contributed by atoms with Crippen molar-refractivity contribution in [2.75, 3.05) is 6.54 Å². The number of hydrogen-bond donors (Lipinski definition) is 1. The predicted octanol–water partition coefficient (Wildman–Crippen LogP) is 1.66. The molecule has 0 amide bonds. The van der Waals surface area contributed by atoms with E-state index in [9.17, 15) is 8.78 Å². The molecule has 0 radical (unpaired) electrons. The van der Waals surface area contributed by atoms with E-state index < -0.39 is 6.17 Å². The maximum absolute atomic E-state index is 12.9. The molecular formula is C9H11F2N. The summed E-state index contributed by atoms with van der Waals surface area (Å²) >= 11 is 0. The van der Waals surface area contributed by atoms with Gasteiger partial charge in [0.1, 0.15) is 12.0 Å². The summed E-state index contributed by atoms with van der Waals surface area (Å²) < 4.78 is 25.6. The molecule has 1 atom stereocenters. The minimum Gasteiger partial charge on any atom is -0.328 e. The van der Waals surface area contributed by atoms with Crippen molar-refractivity contribution in [2.45, 2.75) is 12.6 Å². The summed E-state index contributed by atoms with van der Waals surface area (Å²) in [5.74, 6) is -0.367. The summed E-state index contributed by atoms with van der Waals surface area (Å²) in [4.78, 5) is 0. The number of rotatable bonds is 3. The van der Waals surface area contributed by atoms with Crippen LogP contribution in [0, 0.1) is 5.82 Å². The van der Waals surface area contributed by atoms with Gasteiger partial charge in [0.05, 0.1) is 0 Å². The van der Waals surface area contributed by atoms with Crippen LogP contribution in [0.2, 0.25) is 0 Å². The smallest absolute Gasteiger partial charge is 0.126 e. The van der Waals surface area contributed by atoms with E-state index in [1.54, 1.807) is 18.2 Å². The molecule has 0 bridgehead atoms. The number of halogens is 2. The normalized spacial score (nSPS) is 12.9. The van der Waals surface area contributed by atoms with E-state index in [1.807, 2.05) is 0 Å². The van der Waals surface area contributed by atoms with Gasteiger partial charge in [0.2, 0.25) is 0 Å². The minimum absolute atomic E-state index is 0.0587. The van der Waals surface area contributed by atoms with E-state index in [2.05, 4.69) is 0 Å². The Bertz CT molecular complexity index is 250. The van der Waals surface area contributed by atoms with Crippen molar-refractivity contribution in [3.05, 3.63) is 35.6 Å². The van der Waals surface area contributed by atoms with Crippen molar-refractivity contribution in [1.82, 2.24) is 0 Å². The Morgan fingerprint density at radius 3 is 2.58 bits per heavy atom. The summed E-state index contributed by atoms with van der Waals surface area (Å²) in [6, 6.07) is 6.15. The van der Waals surface area contributed by atoms with Crippen LogP contribution in [0.4, 0.5) is 8.78 Å². The molecule has 0 saturated heterocycles. The molecule has 0 aromatic heterocycles. The maximum atomic E-state index is 12.9. The lowest BCUT2D eigenvalue weighted by Crippen LogP contribution is -2.18. The lowest BCUT2D eigenvalue weighted by Gasteiger charge is -2.05. The number of benzene rings is 1. The predicted molar refractivity (Wildman–Crippen MR) is 44.1 cm³/mol. The van der Waals surface area contributed by atoms with Crippen LogP contribution < -0.4 is 5.73 Å². The number of alkyl halides is 1. The van der Waals surface area contributed by atoms with Crippen molar-refractivity contribution >= 4 is 0 Å². The Morgan fingerprint density at radius 1 is 1.33 bits per heavy atom. The fourth-order valence-electron chi connectivity index (χ4n) is 0.986. The van der Waals surface area contributed by atoms with Crippen LogP contribution in [0.5, 0.6) is 0 Å². The first-order valence-electron chi connectivity index (χ1n) is 3.81. The molecule has 0 aliphatic rings. The van der Waals surface area contributed by atoms with E-state index in [-0.39, 0.29) is 18.8 Å². The SMILES string of the molecule is NCC(F)Cc1ccccc1F. The van der Waals surface area contributed by atoms with Gasteiger partial charge in [0.25, 0.3) is 0 Å². The number of nitrogens with two attached hydrogens (primary N) is 1. The van der Waals surface area contributed by atoms with Crippen LogP contribution in [0.15, 0.2) is 24.3 Å². The molecule has 0 aliphatic heterocycles. The van der Waals surface area contributed by atoms with Gasteiger partial charge in [-0.3, -0.25) is 0 Å². The highest BCUT2D eigenvalue weighted by molar-refractivity contribution is 5.18. The molecule has 1 unspecified atom stereocenters. The Morgan fingerprint density at radius 2 is 2.00 bits per heavy atom. The van der Waals surface area contributed by atoms with Crippen molar-refractivity contribution < 1.29 is 8.78 Å². The monoisotopic (exact) mass is 171 g/mol.